The third-order valence-electron chi connectivity index (χ3n) is 6.15. The second-order valence-electron chi connectivity index (χ2n) is 8.71. The van der Waals surface area contributed by atoms with Crippen LogP contribution in [0.4, 0.5) is 10.1 Å². The number of aliphatic hydroxyl groups is 1. The van der Waals surface area contributed by atoms with Gasteiger partial charge < -0.3 is 25.3 Å². The lowest BCUT2D eigenvalue weighted by Gasteiger charge is -2.25. The van der Waals surface area contributed by atoms with Gasteiger partial charge in [0.15, 0.2) is 0 Å². The third kappa shape index (κ3) is 6.08. The highest BCUT2D eigenvalue weighted by Crippen LogP contribution is 2.36. The minimum absolute atomic E-state index is 0.0209. The van der Waals surface area contributed by atoms with E-state index in [1.807, 2.05) is 52.9 Å². The van der Waals surface area contributed by atoms with Crippen LogP contribution >= 0.6 is 22.6 Å². The van der Waals surface area contributed by atoms with Crippen LogP contribution in [0.1, 0.15) is 30.9 Å². The van der Waals surface area contributed by atoms with Crippen molar-refractivity contribution in [3.63, 3.8) is 0 Å². The van der Waals surface area contributed by atoms with Crippen molar-refractivity contribution >= 4 is 34.2 Å². The van der Waals surface area contributed by atoms with Gasteiger partial charge in [0.2, 0.25) is 11.8 Å². The van der Waals surface area contributed by atoms with Gasteiger partial charge in [-0.15, -0.1) is 0 Å². The highest BCUT2D eigenvalue weighted by atomic mass is 127. The highest BCUT2D eigenvalue weighted by molar-refractivity contribution is 14.1. The molecule has 4 N–H and O–H groups in total. The molecule has 4 rings (SSSR count). The fourth-order valence-corrected chi connectivity index (χ4v) is 4.63. The molecule has 0 aliphatic rings. The molecule has 0 bridgehead atoms. The van der Waals surface area contributed by atoms with Crippen LogP contribution in [-0.4, -0.2) is 38.9 Å². The minimum Gasteiger partial charge on any atom is -0.494 e. The smallest absolute Gasteiger partial charge is 0.329 e. The summed E-state index contributed by atoms with van der Waals surface area (Å²) in [7, 11) is 0. The molecule has 0 spiro atoms. The molecule has 38 heavy (non-hydrogen) atoms. The molecular weight excluding hydrogens is 604 g/mol. The number of nitrogens with zero attached hydrogens (tertiary/aromatic N) is 1. The van der Waals surface area contributed by atoms with Crippen LogP contribution in [0.25, 0.3) is 11.3 Å². The van der Waals surface area contributed by atoms with Crippen molar-refractivity contribution < 1.29 is 24.1 Å². The van der Waals surface area contributed by atoms with Gasteiger partial charge >= 0.3 is 5.69 Å². The first-order valence-electron chi connectivity index (χ1n) is 12.0. The summed E-state index contributed by atoms with van der Waals surface area (Å²) in [5.41, 5.74) is 0.681. The van der Waals surface area contributed by atoms with Crippen molar-refractivity contribution in [3.8, 4) is 22.9 Å². The van der Waals surface area contributed by atoms with Gasteiger partial charge in [-0.2, -0.15) is 0 Å². The van der Waals surface area contributed by atoms with E-state index >= 15 is 0 Å². The molecule has 8 nitrogen and oxygen atoms in total. The number of aliphatic hydroxyl groups excluding tert-OH is 1. The van der Waals surface area contributed by atoms with Crippen LogP contribution in [0.15, 0.2) is 77.6 Å². The van der Waals surface area contributed by atoms with Crippen LogP contribution in [0.2, 0.25) is 0 Å². The summed E-state index contributed by atoms with van der Waals surface area (Å²) in [6, 6.07) is 19.0. The highest BCUT2D eigenvalue weighted by Gasteiger charge is 2.33. The van der Waals surface area contributed by atoms with Gasteiger partial charge in [0.25, 0.3) is 0 Å². The van der Waals surface area contributed by atoms with E-state index in [4.69, 9.17) is 9.84 Å². The van der Waals surface area contributed by atoms with Crippen LogP contribution in [0.3, 0.4) is 0 Å². The Bertz CT molecular complexity index is 1450. The SMILES string of the molecule is C[C@@H](c1ccccc1)[C@@H](C(=O)Nc1ccc(I)cc1F)n1c(O)c(-c2ccc(OCCCO)cc2)[nH]c1=O. The Morgan fingerprint density at radius 2 is 1.84 bits per heavy atom. The van der Waals surface area contributed by atoms with Gasteiger partial charge in [-0.25, -0.2) is 13.8 Å². The fourth-order valence-electron chi connectivity index (χ4n) is 4.18. The molecule has 10 heteroatoms. The number of H-pyrrole nitrogens is 1. The predicted molar refractivity (Wildman–Crippen MR) is 151 cm³/mol. The molecule has 0 saturated carbocycles. The summed E-state index contributed by atoms with van der Waals surface area (Å²) in [4.78, 5) is 29.4. The number of benzene rings is 3. The molecule has 0 aliphatic carbocycles. The number of amides is 1. The third-order valence-corrected chi connectivity index (χ3v) is 6.82. The maximum Gasteiger partial charge on any atom is 0.329 e. The molecule has 2 atom stereocenters. The Balaban J connectivity index is 1.72. The summed E-state index contributed by atoms with van der Waals surface area (Å²) in [6.07, 6.45) is 0.494. The summed E-state index contributed by atoms with van der Waals surface area (Å²) in [5, 5.41) is 22.7. The van der Waals surface area contributed by atoms with E-state index in [0.29, 0.717) is 27.9 Å². The predicted octanol–water partition coefficient (Wildman–Crippen LogP) is 5.04. The number of hydrogen-bond acceptors (Lipinski definition) is 5. The average Bonchev–Trinajstić information content (AvgIpc) is 3.20. The van der Waals surface area contributed by atoms with Gasteiger partial charge in [0.05, 0.1) is 12.3 Å². The lowest BCUT2D eigenvalue weighted by atomic mass is 9.92. The van der Waals surface area contributed by atoms with E-state index in [9.17, 15) is 19.1 Å². The van der Waals surface area contributed by atoms with Crippen molar-refractivity contribution in [2.75, 3.05) is 18.5 Å². The van der Waals surface area contributed by atoms with Crippen LogP contribution in [0, 0.1) is 9.39 Å². The van der Waals surface area contributed by atoms with Crippen molar-refractivity contribution in [1.29, 1.82) is 0 Å². The molecule has 1 amide bonds. The van der Waals surface area contributed by atoms with E-state index in [1.54, 1.807) is 37.3 Å². The van der Waals surface area contributed by atoms with E-state index in [0.717, 1.165) is 10.1 Å². The van der Waals surface area contributed by atoms with Crippen LogP contribution in [-0.2, 0) is 4.79 Å². The number of rotatable bonds is 10. The molecule has 3 aromatic carbocycles. The second-order valence-corrected chi connectivity index (χ2v) is 9.95. The van der Waals surface area contributed by atoms with E-state index in [-0.39, 0.29) is 18.0 Å². The van der Waals surface area contributed by atoms with Crippen molar-refractivity contribution in [2.24, 2.45) is 0 Å². The van der Waals surface area contributed by atoms with Gasteiger partial charge in [0.1, 0.15) is 23.3 Å². The van der Waals surface area contributed by atoms with E-state index in [2.05, 4.69) is 10.3 Å². The number of ether oxygens (including phenoxy) is 1. The maximum atomic E-state index is 14.5. The zero-order valence-corrected chi connectivity index (χ0v) is 22.7. The number of carbonyl (C=O) groups excluding carboxylic acids is 1. The lowest BCUT2D eigenvalue weighted by molar-refractivity contribution is -0.120. The quantitative estimate of drug-likeness (QED) is 0.145. The minimum atomic E-state index is -1.20. The topological polar surface area (TPSA) is 117 Å². The number of imidazole rings is 1. The van der Waals surface area contributed by atoms with E-state index < -0.39 is 35.3 Å². The van der Waals surface area contributed by atoms with Crippen molar-refractivity contribution in [2.45, 2.75) is 25.3 Å². The maximum absolute atomic E-state index is 14.5. The Labute approximate surface area is 232 Å². The summed E-state index contributed by atoms with van der Waals surface area (Å²) in [6.45, 7) is 2.14. The molecule has 0 fully saturated rings. The fraction of sp³-hybridized carbons (Fsp3) is 0.214. The average molecular weight is 631 g/mol. The normalized spacial score (nSPS) is 12.6. The van der Waals surface area contributed by atoms with Gasteiger partial charge in [-0.1, -0.05) is 37.3 Å². The number of halogens is 2. The molecule has 0 radical (unpaired) electrons. The number of aromatic amines is 1. The monoisotopic (exact) mass is 631 g/mol. The first-order chi connectivity index (χ1) is 18.3. The number of hydrogen-bond donors (Lipinski definition) is 4. The molecule has 0 aliphatic heterocycles. The second kappa shape index (κ2) is 12.3. The number of nitrogens with one attached hydrogen (secondary N) is 2. The summed E-state index contributed by atoms with van der Waals surface area (Å²) >= 11 is 1.97. The van der Waals surface area contributed by atoms with Gasteiger partial charge in [-0.3, -0.25) is 4.79 Å². The summed E-state index contributed by atoms with van der Waals surface area (Å²) < 4.78 is 21.8. The first-order valence-corrected chi connectivity index (χ1v) is 13.1. The molecule has 1 aromatic heterocycles. The van der Waals surface area contributed by atoms with Gasteiger partial charge in [0, 0.05) is 28.1 Å². The van der Waals surface area contributed by atoms with E-state index in [1.165, 1.54) is 12.1 Å². The molecule has 0 unspecified atom stereocenters. The molecule has 4 aromatic rings. The molecular formula is C28H27FIN3O5. The van der Waals surface area contributed by atoms with Crippen molar-refractivity contribution in [3.05, 3.63) is 98.2 Å². The lowest BCUT2D eigenvalue weighted by Crippen LogP contribution is -2.35. The Morgan fingerprint density at radius 3 is 2.50 bits per heavy atom. The Hall–Kier alpha value is -3.64. The van der Waals surface area contributed by atoms with Crippen LogP contribution < -0.4 is 15.7 Å². The molecule has 1 heterocycles. The largest absolute Gasteiger partial charge is 0.494 e. The Kier molecular flexibility index (Phi) is 8.85. The number of anilines is 1. The number of aromatic hydroxyl groups is 1. The number of carbonyl (C=O) groups is 1. The van der Waals surface area contributed by atoms with Crippen LogP contribution in [0.5, 0.6) is 11.6 Å². The molecule has 198 valence electrons. The zero-order valence-electron chi connectivity index (χ0n) is 20.5. The first kappa shape index (κ1) is 27.4. The number of aromatic nitrogens is 2. The van der Waals surface area contributed by atoms with Crippen molar-refractivity contribution in [1.82, 2.24) is 9.55 Å². The molecule has 0 saturated heterocycles. The summed E-state index contributed by atoms with van der Waals surface area (Å²) in [5.74, 6) is -1.67. The Morgan fingerprint density at radius 1 is 1.13 bits per heavy atom. The zero-order chi connectivity index (χ0) is 27.2. The van der Waals surface area contributed by atoms with Gasteiger partial charge in [-0.05, 0) is 70.6 Å². The standard InChI is InChI=1S/C28H27FIN3O5/c1-17(18-6-3-2-4-7-18)25(26(35)31-23-13-10-20(30)16-22(23)29)33-27(36)24(32-28(33)37)19-8-11-21(12-9-19)38-15-5-14-34/h2-4,6-13,16-17,25,34,36H,5,14-15H2,1H3,(H,31,35)(H,32,37)/t17-,25-/m0/s1.